The Bertz CT molecular complexity index is 638. The van der Waals surface area contributed by atoms with Crippen LogP contribution in [0.2, 0.25) is 0 Å². The highest BCUT2D eigenvalue weighted by Crippen LogP contribution is 2.24. The highest BCUT2D eigenvalue weighted by Gasteiger charge is 2.01. The van der Waals surface area contributed by atoms with Crippen LogP contribution in [0.15, 0.2) is 54.6 Å². The largest absolute Gasteiger partial charge is 0.381 e. The SMILES string of the molecule is c1cc(NCc2cncnc2)cc(-c2nccs2)c1. The first-order valence-electron chi connectivity index (χ1n) is 5.89. The molecule has 3 aromatic rings. The van der Waals surface area contributed by atoms with E-state index in [1.165, 1.54) is 6.33 Å². The van der Waals surface area contributed by atoms with E-state index in [1.807, 2.05) is 36.1 Å². The molecule has 19 heavy (non-hydrogen) atoms. The van der Waals surface area contributed by atoms with Gasteiger partial charge in [0.1, 0.15) is 11.3 Å². The van der Waals surface area contributed by atoms with Crippen LogP contribution in [0.25, 0.3) is 10.6 Å². The van der Waals surface area contributed by atoms with Crippen LogP contribution in [0.1, 0.15) is 5.56 Å². The Hall–Kier alpha value is -2.27. The predicted octanol–water partition coefficient (Wildman–Crippen LogP) is 3.21. The summed E-state index contributed by atoms with van der Waals surface area (Å²) >= 11 is 1.64. The molecule has 1 N–H and O–H groups in total. The zero-order valence-corrected chi connectivity index (χ0v) is 11.0. The topological polar surface area (TPSA) is 50.7 Å². The fourth-order valence-electron chi connectivity index (χ4n) is 1.75. The molecule has 2 aromatic heterocycles. The third kappa shape index (κ3) is 2.95. The normalized spacial score (nSPS) is 10.3. The van der Waals surface area contributed by atoms with E-state index in [1.54, 1.807) is 11.3 Å². The lowest BCUT2D eigenvalue weighted by Crippen LogP contribution is -2.00. The van der Waals surface area contributed by atoms with Gasteiger partial charge in [-0.25, -0.2) is 15.0 Å². The molecule has 0 aliphatic rings. The molecule has 5 heteroatoms. The van der Waals surface area contributed by atoms with E-state index in [4.69, 9.17) is 0 Å². The highest BCUT2D eigenvalue weighted by atomic mass is 32.1. The number of rotatable bonds is 4. The molecule has 1 aromatic carbocycles. The summed E-state index contributed by atoms with van der Waals surface area (Å²) in [4.78, 5) is 12.3. The van der Waals surface area contributed by atoms with Crippen molar-refractivity contribution in [2.45, 2.75) is 6.54 Å². The van der Waals surface area contributed by atoms with Crippen LogP contribution in [0, 0.1) is 0 Å². The van der Waals surface area contributed by atoms with Crippen LogP contribution in [-0.4, -0.2) is 15.0 Å². The Morgan fingerprint density at radius 2 is 2.05 bits per heavy atom. The summed E-state index contributed by atoms with van der Waals surface area (Å²) in [7, 11) is 0. The van der Waals surface area contributed by atoms with Gasteiger partial charge < -0.3 is 5.32 Å². The molecule has 0 amide bonds. The van der Waals surface area contributed by atoms with Crippen LogP contribution < -0.4 is 5.32 Å². The summed E-state index contributed by atoms with van der Waals surface area (Å²) in [6.07, 6.45) is 6.98. The molecule has 0 saturated carbocycles. The van der Waals surface area contributed by atoms with Crippen molar-refractivity contribution in [1.82, 2.24) is 15.0 Å². The maximum Gasteiger partial charge on any atom is 0.123 e. The van der Waals surface area contributed by atoms with Gasteiger partial charge in [0.25, 0.3) is 0 Å². The van der Waals surface area contributed by atoms with E-state index >= 15 is 0 Å². The number of nitrogens with zero attached hydrogens (tertiary/aromatic N) is 3. The van der Waals surface area contributed by atoms with Gasteiger partial charge in [-0.15, -0.1) is 11.3 Å². The number of hydrogen-bond donors (Lipinski definition) is 1. The van der Waals surface area contributed by atoms with E-state index in [-0.39, 0.29) is 0 Å². The molecule has 0 spiro atoms. The lowest BCUT2D eigenvalue weighted by atomic mass is 10.2. The number of nitrogens with one attached hydrogen (secondary N) is 1. The molecule has 0 fully saturated rings. The Morgan fingerprint density at radius 3 is 2.84 bits per heavy atom. The smallest absolute Gasteiger partial charge is 0.123 e. The standard InChI is InChI=1S/C14H12N4S/c1-2-12(14-17-4-5-19-14)6-13(3-1)18-9-11-7-15-10-16-8-11/h1-8,10,18H,9H2. The first-order chi connectivity index (χ1) is 9.42. The van der Waals surface area contributed by atoms with E-state index in [9.17, 15) is 0 Å². The second-order valence-corrected chi connectivity index (χ2v) is 4.91. The molecular formula is C14H12N4S. The molecule has 0 radical (unpaired) electrons. The van der Waals surface area contributed by atoms with Crippen molar-refractivity contribution in [2.24, 2.45) is 0 Å². The van der Waals surface area contributed by atoms with E-state index < -0.39 is 0 Å². The van der Waals surface area contributed by atoms with E-state index in [2.05, 4.69) is 32.4 Å². The number of thiazole rings is 1. The van der Waals surface area contributed by atoms with Crippen LogP contribution in [0.4, 0.5) is 5.69 Å². The van der Waals surface area contributed by atoms with Crippen LogP contribution >= 0.6 is 11.3 Å². The molecule has 4 nitrogen and oxygen atoms in total. The van der Waals surface area contributed by atoms with Crippen LogP contribution in [-0.2, 0) is 6.54 Å². The minimum Gasteiger partial charge on any atom is -0.381 e. The third-order valence-corrected chi connectivity index (χ3v) is 3.47. The second-order valence-electron chi connectivity index (χ2n) is 4.02. The first kappa shape index (κ1) is 11.8. The lowest BCUT2D eigenvalue weighted by Gasteiger charge is -2.07. The molecule has 0 aliphatic heterocycles. The molecule has 0 unspecified atom stereocenters. The van der Waals surface area contributed by atoms with Gasteiger partial charge in [0, 0.05) is 47.3 Å². The number of hydrogen-bond acceptors (Lipinski definition) is 5. The van der Waals surface area contributed by atoms with Gasteiger partial charge in [0.15, 0.2) is 0 Å². The van der Waals surface area contributed by atoms with E-state index in [0.29, 0.717) is 6.54 Å². The second kappa shape index (κ2) is 5.58. The molecule has 0 saturated heterocycles. The zero-order chi connectivity index (χ0) is 12.9. The van der Waals surface area contributed by atoms with Crippen molar-refractivity contribution in [3.8, 4) is 10.6 Å². The summed E-state index contributed by atoms with van der Waals surface area (Å²) in [6, 6.07) is 8.24. The number of benzene rings is 1. The third-order valence-electron chi connectivity index (χ3n) is 2.65. The van der Waals surface area contributed by atoms with Crippen molar-refractivity contribution in [1.29, 1.82) is 0 Å². The van der Waals surface area contributed by atoms with Crippen molar-refractivity contribution in [3.05, 3.63) is 60.1 Å². The van der Waals surface area contributed by atoms with Gasteiger partial charge in [0.05, 0.1) is 0 Å². The summed E-state index contributed by atoms with van der Waals surface area (Å²) in [5.41, 5.74) is 3.25. The molecule has 3 rings (SSSR count). The minimum atomic E-state index is 0.710. The van der Waals surface area contributed by atoms with Gasteiger partial charge in [0.2, 0.25) is 0 Å². The Kier molecular flexibility index (Phi) is 3.47. The molecule has 94 valence electrons. The van der Waals surface area contributed by atoms with Gasteiger partial charge in [-0.1, -0.05) is 12.1 Å². The van der Waals surface area contributed by atoms with Gasteiger partial charge in [-0.05, 0) is 12.1 Å². The van der Waals surface area contributed by atoms with E-state index in [0.717, 1.165) is 21.8 Å². The Balaban J connectivity index is 1.74. The van der Waals surface area contributed by atoms with Gasteiger partial charge >= 0.3 is 0 Å². The summed E-state index contributed by atoms with van der Waals surface area (Å²) < 4.78 is 0. The average Bonchev–Trinajstić information content (AvgIpc) is 3.01. The zero-order valence-electron chi connectivity index (χ0n) is 10.2. The fraction of sp³-hybridized carbons (Fsp3) is 0.0714. The van der Waals surface area contributed by atoms with Gasteiger partial charge in [-0.2, -0.15) is 0 Å². The fourth-order valence-corrected chi connectivity index (χ4v) is 2.39. The first-order valence-corrected chi connectivity index (χ1v) is 6.77. The Morgan fingerprint density at radius 1 is 1.16 bits per heavy atom. The highest BCUT2D eigenvalue weighted by molar-refractivity contribution is 7.13. The monoisotopic (exact) mass is 268 g/mol. The summed E-state index contributed by atoms with van der Waals surface area (Å²) in [6.45, 7) is 0.710. The molecule has 2 heterocycles. The number of aromatic nitrogens is 3. The number of anilines is 1. The van der Waals surface area contributed by atoms with Crippen molar-refractivity contribution in [2.75, 3.05) is 5.32 Å². The summed E-state index contributed by atoms with van der Waals surface area (Å²) in [5, 5.41) is 6.38. The average molecular weight is 268 g/mol. The maximum absolute atomic E-state index is 4.32. The van der Waals surface area contributed by atoms with Crippen LogP contribution in [0.3, 0.4) is 0 Å². The molecule has 0 atom stereocenters. The molecule has 0 bridgehead atoms. The predicted molar refractivity (Wildman–Crippen MR) is 76.9 cm³/mol. The lowest BCUT2D eigenvalue weighted by molar-refractivity contribution is 1.05. The molecular weight excluding hydrogens is 256 g/mol. The van der Waals surface area contributed by atoms with Crippen LogP contribution in [0.5, 0.6) is 0 Å². The maximum atomic E-state index is 4.32. The molecule has 0 aliphatic carbocycles. The minimum absolute atomic E-state index is 0.710. The van der Waals surface area contributed by atoms with Crippen molar-refractivity contribution < 1.29 is 0 Å². The van der Waals surface area contributed by atoms with Crippen molar-refractivity contribution >= 4 is 17.0 Å². The Labute approximate surface area is 115 Å². The van der Waals surface area contributed by atoms with Gasteiger partial charge in [-0.3, -0.25) is 0 Å². The summed E-state index contributed by atoms with van der Waals surface area (Å²) in [5.74, 6) is 0. The van der Waals surface area contributed by atoms with Crippen molar-refractivity contribution in [3.63, 3.8) is 0 Å². The quantitative estimate of drug-likeness (QED) is 0.789.